The fourth-order valence-electron chi connectivity index (χ4n) is 1.76. The molecule has 120 valence electrons. The van der Waals surface area contributed by atoms with Crippen molar-refractivity contribution >= 4 is 23.5 Å². The van der Waals surface area contributed by atoms with Crippen LogP contribution in [0.25, 0.3) is 0 Å². The Labute approximate surface area is 130 Å². The van der Waals surface area contributed by atoms with Crippen molar-refractivity contribution < 1.29 is 33.0 Å². The van der Waals surface area contributed by atoms with Crippen molar-refractivity contribution in [2.75, 3.05) is 0 Å². The van der Waals surface area contributed by atoms with Gasteiger partial charge in [-0.1, -0.05) is 18.2 Å². The average molecular weight is 334 g/mol. The Morgan fingerprint density at radius 2 is 1.95 bits per heavy atom. The monoisotopic (exact) mass is 333 g/mol. The number of carboxylic acid groups (broad SMARTS) is 1. The van der Waals surface area contributed by atoms with Crippen LogP contribution in [-0.4, -0.2) is 18.6 Å². The number of hydrogen-bond acceptors (Lipinski definition) is 5. The van der Waals surface area contributed by atoms with Crippen molar-refractivity contribution in [3.05, 3.63) is 40.4 Å². The van der Waals surface area contributed by atoms with Crippen molar-refractivity contribution in [1.29, 1.82) is 0 Å². The molecule has 0 radical (unpaired) electrons. The molecule has 0 N–H and O–H groups in total. The van der Waals surface area contributed by atoms with Gasteiger partial charge in [0.1, 0.15) is 5.75 Å². The normalized spacial score (nSPS) is 11.9. The van der Waals surface area contributed by atoms with Gasteiger partial charge in [0.05, 0.1) is 11.0 Å². The van der Waals surface area contributed by atoms with Gasteiger partial charge < -0.3 is 19.4 Å². The summed E-state index contributed by atoms with van der Waals surface area (Å²) >= 11 is 5.85. The van der Waals surface area contributed by atoms with Gasteiger partial charge >= 0.3 is 12.6 Å². The number of halogens is 3. The molecule has 5 nitrogen and oxygen atoms in total. The standard InChI is InChI=1S/C14H13ClF2O5/c1-6-4-9(5-10(15)11(6)22-14(16)17)12(21-8(3)18)7(2)13(19)20/h4-5,12,14H,2H2,1,3H3,(H,19,20)/p-1. The first-order valence-corrected chi connectivity index (χ1v) is 6.33. The largest absolute Gasteiger partial charge is 0.545 e. The minimum absolute atomic E-state index is 0.147. The maximum atomic E-state index is 12.3. The van der Waals surface area contributed by atoms with E-state index in [9.17, 15) is 23.5 Å². The molecule has 0 spiro atoms. The molecular weight excluding hydrogens is 322 g/mol. The summed E-state index contributed by atoms with van der Waals surface area (Å²) in [7, 11) is 0. The molecule has 0 aliphatic rings. The number of hydrogen-bond donors (Lipinski definition) is 0. The molecule has 0 aliphatic heterocycles. The highest BCUT2D eigenvalue weighted by Crippen LogP contribution is 2.35. The van der Waals surface area contributed by atoms with Crippen molar-refractivity contribution in [3.8, 4) is 5.75 Å². The molecule has 0 heterocycles. The van der Waals surface area contributed by atoms with Crippen molar-refractivity contribution in [2.24, 2.45) is 0 Å². The van der Waals surface area contributed by atoms with E-state index in [1.54, 1.807) is 0 Å². The molecule has 1 aromatic carbocycles. The van der Waals surface area contributed by atoms with E-state index in [1.807, 2.05) is 0 Å². The topological polar surface area (TPSA) is 75.7 Å². The molecule has 0 aromatic heterocycles. The van der Waals surface area contributed by atoms with Crippen LogP contribution in [0.15, 0.2) is 24.3 Å². The number of carbonyl (C=O) groups excluding carboxylic acids is 2. The minimum atomic E-state index is -3.07. The highest BCUT2D eigenvalue weighted by molar-refractivity contribution is 6.32. The minimum Gasteiger partial charge on any atom is -0.545 e. The third-order valence-corrected chi connectivity index (χ3v) is 2.90. The number of carboxylic acids is 1. The number of benzene rings is 1. The zero-order chi connectivity index (χ0) is 17.0. The van der Waals surface area contributed by atoms with E-state index >= 15 is 0 Å². The lowest BCUT2D eigenvalue weighted by Gasteiger charge is -2.22. The summed E-state index contributed by atoms with van der Waals surface area (Å²) in [4.78, 5) is 22.0. The van der Waals surface area contributed by atoms with Crippen LogP contribution in [0, 0.1) is 6.92 Å². The third kappa shape index (κ3) is 4.42. The van der Waals surface area contributed by atoms with E-state index in [1.165, 1.54) is 13.0 Å². The van der Waals surface area contributed by atoms with Crippen molar-refractivity contribution in [3.63, 3.8) is 0 Å². The molecule has 1 atom stereocenters. The Morgan fingerprint density at radius 3 is 2.36 bits per heavy atom. The van der Waals surface area contributed by atoms with Gasteiger partial charge in [0, 0.05) is 12.5 Å². The lowest BCUT2D eigenvalue weighted by atomic mass is 10.00. The predicted octanol–water partition coefficient (Wildman–Crippen LogP) is 2.16. The van der Waals surface area contributed by atoms with Gasteiger partial charge in [0.15, 0.2) is 6.10 Å². The fourth-order valence-corrected chi connectivity index (χ4v) is 2.08. The molecule has 0 fully saturated rings. The summed E-state index contributed by atoms with van der Waals surface area (Å²) in [6.45, 7) is 2.73. The second kappa shape index (κ2) is 7.22. The summed E-state index contributed by atoms with van der Waals surface area (Å²) in [5.41, 5.74) is -0.146. The second-order valence-electron chi connectivity index (χ2n) is 4.33. The van der Waals surface area contributed by atoms with Crippen LogP contribution >= 0.6 is 11.6 Å². The van der Waals surface area contributed by atoms with E-state index in [0.717, 1.165) is 13.0 Å². The predicted molar refractivity (Wildman–Crippen MR) is 71.5 cm³/mol. The molecule has 0 saturated heterocycles. The number of esters is 1. The van der Waals surface area contributed by atoms with Crippen LogP contribution in [0.5, 0.6) is 5.75 Å². The van der Waals surface area contributed by atoms with Gasteiger partial charge in [0.2, 0.25) is 0 Å². The second-order valence-corrected chi connectivity index (χ2v) is 4.74. The van der Waals surface area contributed by atoms with Crippen LogP contribution < -0.4 is 9.84 Å². The van der Waals surface area contributed by atoms with Gasteiger partial charge in [-0.05, 0) is 30.2 Å². The Kier molecular flexibility index (Phi) is 5.87. The molecule has 1 unspecified atom stereocenters. The van der Waals surface area contributed by atoms with Crippen LogP contribution in [0.1, 0.15) is 24.2 Å². The highest BCUT2D eigenvalue weighted by atomic mass is 35.5. The zero-order valence-electron chi connectivity index (χ0n) is 11.7. The SMILES string of the molecule is C=C(C(=O)[O-])C(OC(C)=O)c1cc(C)c(OC(F)F)c(Cl)c1. The number of rotatable bonds is 6. The molecule has 0 saturated carbocycles. The Balaban J connectivity index is 3.29. The number of carbonyl (C=O) groups is 2. The fraction of sp³-hybridized carbons (Fsp3) is 0.286. The third-order valence-electron chi connectivity index (χ3n) is 2.62. The van der Waals surface area contributed by atoms with Crippen molar-refractivity contribution in [2.45, 2.75) is 26.6 Å². The summed E-state index contributed by atoms with van der Waals surface area (Å²) in [6.07, 6.45) is -1.35. The molecular formula is C14H12ClF2O5-. The Hall–Kier alpha value is -2.15. The van der Waals surface area contributed by atoms with E-state index in [4.69, 9.17) is 16.3 Å². The first kappa shape index (κ1) is 17.9. The Bertz CT molecular complexity index is 592. The smallest absolute Gasteiger partial charge is 0.387 e. The lowest BCUT2D eigenvalue weighted by molar-refractivity contribution is -0.300. The number of aliphatic carboxylic acids is 1. The van der Waals surface area contributed by atoms with Gasteiger partial charge in [-0.2, -0.15) is 8.78 Å². The quantitative estimate of drug-likeness (QED) is 0.589. The van der Waals surface area contributed by atoms with Crippen LogP contribution in [0.4, 0.5) is 8.78 Å². The van der Waals surface area contributed by atoms with Crippen LogP contribution in [0.3, 0.4) is 0 Å². The maximum absolute atomic E-state index is 12.3. The summed E-state index contributed by atoms with van der Waals surface area (Å²) in [5.74, 6) is -2.62. The van der Waals surface area contributed by atoms with Gasteiger partial charge in [-0.25, -0.2) is 0 Å². The van der Waals surface area contributed by atoms with Gasteiger partial charge in [-0.3, -0.25) is 4.79 Å². The molecule has 0 amide bonds. The van der Waals surface area contributed by atoms with E-state index in [2.05, 4.69) is 11.3 Å². The van der Waals surface area contributed by atoms with Crippen molar-refractivity contribution in [1.82, 2.24) is 0 Å². The summed E-state index contributed by atoms with van der Waals surface area (Å²) in [6, 6.07) is 2.47. The van der Waals surface area contributed by atoms with E-state index in [-0.39, 0.29) is 21.9 Å². The summed E-state index contributed by atoms with van der Waals surface area (Å²) < 4.78 is 33.7. The number of aryl methyl sites for hydroxylation is 1. The Morgan fingerprint density at radius 1 is 1.36 bits per heavy atom. The molecule has 1 rings (SSSR count). The van der Waals surface area contributed by atoms with E-state index < -0.39 is 30.2 Å². The zero-order valence-corrected chi connectivity index (χ0v) is 12.4. The molecule has 0 bridgehead atoms. The molecule has 1 aromatic rings. The molecule has 0 aliphatic carbocycles. The van der Waals surface area contributed by atoms with E-state index in [0.29, 0.717) is 0 Å². The number of ether oxygens (including phenoxy) is 2. The summed E-state index contributed by atoms with van der Waals surface area (Å²) in [5, 5.41) is 10.7. The lowest BCUT2D eigenvalue weighted by Crippen LogP contribution is -2.28. The molecule has 22 heavy (non-hydrogen) atoms. The van der Waals surface area contributed by atoms with Gasteiger partial charge in [-0.15, -0.1) is 0 Å². The average Bonchev–Trinajstić information content (AvgIpc) is 2.38. The van der Waals surface area contributed by atoms with Gasteiger partial charge in [0.25, 0.3) is 0 Å². The first-order valence-electron chi connectivity index (χ1n) is 5.95. The van der Waals surface area contributed by atoms with Crippen LogP contribution in [0.2, 0.25) is 5.02 Å². The highest BCUT2D eigenvalue weighted by Gasteiger charge is 2.22. The molecule has 8 heteroatoms. The van der Waals surface area contributed by atoms with Crippen LogP contribution in [-0.2, 0) is 14.3 Å². The number of alkyl halides is 2. The first-order chi connectivity index (χ1) is 10.1. The maximum Gasteiger partial charge on any atom is 0.387 e.